The highest BCUT2D eigenvalue weighted by Crippen LogP contribution is 2.53. The molecular weight excluding hydrogens is 1780 g/mol. The third kappa shape index (κ3) is 20.6. The van der Waals surface area contributed by atoms with Crippen LogP contribution < -0.4 is 28.4 Å². The quantitative estimate of drug-likeness (QED) is 0.109. The van der Waals surface area contributed by atoms with Gasteiger partial charge in [0, 0.05) is 43.8 Å². The van der Waals surface area contributed by atoms with Crippen LogP contribution in [0.3, 0.4) is 0 Å². The molecule has 0 aliphatic carbocycles. The monoisotopic (exact) mass is 1910 g/mol. The Bertz CT molecular complexity index is 7490. The largest absolute Gasteiger partial charge is 0.518 e. The van der Waals surface area contributed by atoms with Crippen LogP contribution >= 0.6 is 0 Å². The molecule has 0 radical (unpaired) electrons. The zero-order valence-corrected chi connectivity index (χ0v) is 89.2. The number of benzene rings is 10. The zero-order valence-electron chi connectivity index (χ0n) is 88.3. The minimum absolute atomic E-state index is 0.0254. The smallest absolute Gasteiger partial charge is 0.453 e. The number of hydrogen-bond donors (Lipinski definition) is 2. The summed E-state index contributed by atoms with van der Waals surface area (Å²) in [5.74, 6) is 5.33. The van der Waals surface area contributed by atoms with E-state index in [0.29, 0.717) is 84.8 Å². The molecule has 140 heavy (non-hydrogen) atoms. The highest BCUT2D eigenvalue weighted by atomic mass is 32.2. The molecule has 2 aliphatic heterocycles. The van der Waals surface area contributed by atoms with E-state index < -0.39 is 21.0 Å². The van der Waals surface area contributed by atoms with Crippen LogP contribution in [-0.4, -0.2) is 68.2 Å². The Hall–Kier alpha value is -12.5. The molecule has 19 nitrogen and oxygen atoms in total. The lowest BCUT2D eigenvalue weighted by atomic mass is 9.80. The maximum absolute atomic E-state index is 15.1. The number of rotatable bonds is 13. The molecule has 10 aromatic carbocycles. The lowest BCUT2D eigenvalue weighted by molar-refractivity contribution is -0.0449. The van der Waals surface area contributed by atoms with E-state index in [1.165, 1.54) is 12.1 Å². The number of nitrogens with one attached hydrogen (secondary N) is 2. The number of hydrogen-bond acceptors (Lipinski definition) is 16. The first-order valence-electron chi connectivity index (χ1n) is 48.3. The first-order chi connectivity index (χ1) is 64.1. The van der Waals surface area contributed by atoms with Gasteiger partial charge < -0.3 is 38.4 Å². The SMILES string of the molecule is CC(C)(C)c1cc(Oc2cc3c(cc2Oc2cc(C(C)(C)C)cc(C(C)(C)C)c2)-c2nc-3nc3[nH]c(nc4nc(nc5[nH]c(n2)c2cc6nnn(S(=O)(=O)C(F)(F)F)c6cc52)-c2cc(Oc5cc(C(C)(C)C)cc(C(C)(C)C)c5)c(Oc5cc(C(C)(C)C)cc(C(C)(C)C)c5)cc2-4)c2cc(Oc4cc(C(C)(C)C)cc(C(C)(C)C)c4)c(Oc4cc(C(C)(C)C)cc(C(C)(C)C)c4)cc32)cc(C(C)(C)C)c1. The number of H-pyrrole nitrogens is 2. The molecule has 0 unspecified atom stereocenters. The number of aromatic nitrogens is 11. The van der Waals surface area contributed by atoms with Crippen molar-refractivity contribution in [2.24, 2.45) is 0 Å². The average Bonchev–Trinajstić information content (AvgIpc) is 1.57. The Kier molecular flexibility index (Phi) is 24.3. The summed E-state index contributed by atoms with van der Waals surface area (Å²) in [4.78, 5) is 40.8. The van der Waals surface area contributed by atoms with E-state index in [1.807, 2.05) is 48.5 Å². The molecule has 2 aliphatic rings. The lowest BCUT2D eigenvalue weighted by Crippen LogP contribution is -2.30. The molecule has 0 fully saturated rings. The summed E-state index contributed by atoms with van der Waals surface area (Å²) in [5, 5.41) is 9.12. The summed E-state index contributed by atoms with van der Waals surface area (Å²) in [6.45, 7) is 78.3. The van der Waals surface area contributed by atoms with Gasteiger partial charge >= 0.3 is 15.5 Å². The van der Waals surface area contributed by atoms with Crippen LogP contribution in [0.4, 0.5) is 13.2 Å². The van der Waals surface area contributed by atoms with Gasteiger partial charge in [-0.25, -0.2) is 29.9 Å². The third-order valence-electron chi connectivity index (χ3n) is 26.3. The molecule has 4 aromatic heterocycles. The highest BCUT2D eigenvalue weighted by Gasteiger charge is 2.49. The molecule has 2 N–H and O–H groups in total. The van der Waals surface area contributed by atoms with Crippen molar-refractivity contribution < 1.29 is 50.0 Å². The van der Waals surface area contributed by atoms with Crippen molar-refractivity contribution in [2.45, 2.75) is 320 Å². The summed E-state index contributed by atoms with van der Waals surface area (Å²) in [7, 11) is -6.21. The van der Waals surface area contributed by atoms with Gasteiger partial charge in [0.05, 0.1) is 0 Å². The second kappa shape index (κ2) is 33.9. The second-order valence-electron chi connectivity index (χ2n) is 50.5. The van der Waals surface area contributed by atoms with Crippen LogP contribution in [-0.2, 0) is 75.0 Å². The molecule has 14 aromatic rings. The van der Waals surface area contributed by atoms with Crippen molar-refractivity contribution >= 4 is 65.2 Å². The molecule has 23 heteroatoms. The summed E-state index contributed by atoms with van der Waals surface area (Å²) in [6.07, 6.45) is 0. The summed E-state index contributed by atoms with van der Waals surface area (Å²) in [5.41, 5.74) is 4.11. The number of ether oxygens (including phenoxy) is 6. The van der Waals surface area contributed by atoms with Crippen molar-refractivity contribution in [2.75, 3.05) is 0 Å². The van der Waals surface area contributed by atoms with Gasteiger partial charge in [-0.2, -0.15) is 21.6 Å². The Labute approximate surface area is 823 Å². The van der Waals surface area contributed by atoms with Crippen molar-refractivity contribution in [3.63, 3.8) is 0 Å². The van der Waals surface area contributed by atoms with E-state index in [0.717, 1.165) is 66.8 Å². The van der Waals surface area contributed by atoms with Crippen molar-refractivity contribution in [1.82, 2.24) is 54.3 Å². The van der Waals surface area contributed by atoms with E-state index in [2.05, 4.69) is 367 Å². The molecular formula is C117H136F3N11O8S. The maximum Gasteiger partial charge on any atom is 0.518 e. The van der Waals surface area contributed by atoms with Crippen LogP contribution in [0.15, 0.2) is 158 Å². The molecule has 0 spiro atoms. The van der Waals surface area contributed by atoms with Gasteiger partial charge in [-0.3, -0.25) is 0 Å². The first kappa shape index (κ1) is 100. The van der Waals surface area contributed by atoms with Gasteiger partial charge in [0.15, 0.2) is 57.8 Å². The fourth-order valence-electron chi connectivity index (χ4n) is 16.9. The molecule has 6 heterocycles. The molecule has 0 saturated heterocycles. The van der Waals surface area contributed by atoms with Crippen LogP contribution in [0.1, 0.15) is 316 Å². The summed E-state index contributed by atoms with van der Waals surface area (Å²) < 4.78 is 118. The molecule has 8 bridgehead atoms. The minimum Gasteiger partial charge on any atom is -0.453 e. The van der Waals surface area contributed by atoms with Crippen LogP contribution in [0.2, 0.25) is 0 Å². The third-order valence-corrected chi connectivity index (χ3v) is 27.6. The second-order valence-corrected chi connectivity index (χ2v) is 52.3. The van der Waals surface area contributed by atoms with Gasteiger partial charge in [-0.05, 0) is 253 Å². The Morgan fingerprint density at radius 3 is 0.600 bits per heavy atom. The van der Waals surface area contributed by atoms with Crippen LogP contribution in [0.5, 0.6) is 69.0 Å². The maximum atomic E-state index is 15.1. The van der Waals surface area contributed by atoms with Crippen LogP contribution in [0, 0.1) is 0 Å². The van der Waals surface area contributed by atoms with Gasteiger partial charge in [0.25, 0.3) is 0 Å². The molecule has 0 amide bonds. The fourth-order valence-corrected chi connectivity index (χ4v) is 17.6. The van der Waals surface area contributed by atoms with Gasteiger partial charge in [-0.1, -0.05) is 291 Å². The van der Waals surface area contributed by atoms with Gasteiger partial charge in [0.1, 0.15) is 68.1 Å². The van der Waals surface area contributed by atoms with Gasteiger partial charge in [-0.15, -0.1) is 9.19 Å². The molecule has 16 rings (SSSR count). The minimum atomic E-state index is -6.21. The van der Waals surface area contributed by atoms with Crippen LogP contribution in [0.25, 0.3) is 101 Å². The van der Waals surface area contributed by atoms with E-state index in [9.17, 15) is 8.42 Å². The average molecular weight is 1910 g/mol. The first-order valence-corrected chi connectivity index (χ1v) is 49.7. The normalized spacial score (nSPS) is 13.6. The Balaban J connectivity index is 1.09. The number of alkyl halides is 3. The number of aromatic amines is 2. The van der Waals surface area contributed by atoms with Crippen molar-refractivity contribution in [3.8, 4) is 115 Å². The zero-order chi connectivity index (χ0) is 103. The standard InChI is InChI=1S/C117H136F3N11O8S/c1-105(2,3)63-37-64(106(4,5)6)44-75(43-63)134-91-57-83-85(59-93(91)136-77-47-67(109(13,14)15)39-68(48-77)110(16,17)18)101-124-99(83)122-97-81-55-89-90(131(130-129-89)140(132,133)117(118,119)120)56-82(81)98(121-97)123-100-84-58-92(135-76-45-65(107(7,8)9)38-66(46-76)108(10,11)12)94(137-78-49-69(111(19,20)21)40-70(50-78)112(22,23)24)60-86(84)102(125-100)127-104-88-62-96(139-80-53-73(115(31,32)33)42-74(54-80)116(34,35)36)95(61-87(88)103(126-101)128-104)138-79-51-71(113(25,26)27)41-72(52-79)114(28,29)30/h37-62H,1-36H3,(H2,121,122,123,124,125,126,127,128). The highest BCUT2D eigenvalue weighted by molar-refractivity contribution is 7.90. The van der Waals surface area contributed by atoms with Crippen molar-refractivity contribution in [3.05, 3.63) is 224 Å². The van der Waals surface area contributed by atoms with E-state index >= 15 is 13.2 Å². The Morgan fingerprint density at radius 2 is 0.414 bits per heavy atom. The van der Waals surface area contributed by atoms with E-state index in [-0.39, 0.29) is 148 Å². The number of nitrogens with zero attached hydrogens (tertiary/aromatic N) is 9. The molecule has 0 saturated carbocycles. The van der Waals surface area contributed by atoms with E-state index in [4.69, 9.17) is 58.3 Å². The predicted molar refractivity (Wildman–Crippen MR) is 561 cm³/mol. The number of halogens is 3. The van der Waals surface area contributed by atoms with Crippen molar-refractivity contribution in [1.29, 1.82) is 0 Å². The lowest BCUT2D eigenvalue weighted by Gasteiger charge is -2.27. The fraction of sp³-hybridized carbons (Fsp3) is 0.419. The number of fused-ring (bicyclic) bond motifs is 21. The summed E-state index contributed by atoms with van der Waals surface area (Å²) in [6, 6.07) is 52.1. The van der Waals surface area contributed by atoms with E-state index in [1.54, 1.807) is 0 Å². The van der Waals surface area contributed by atoms with Gasteiger partial charge in [0.2, 0.25) is 0 Å². The molecule has 0 atom stereocenters. The predicted octanol–water partition coefficient (Wildman–Crippen LogP) is 32.6. The molecule has 734 valence electrons. The topological polar surface area (TPSA) is 229 Å². The summed E-state index contributed by atoms with van der Waals surface area (Å²) >= 11 is 0. The Morgan fingerprint density at radius 1 is 0.236 bits per heavy atom.